The van der Waals surface area contributed by atoms with Crippen LogP contribution in [0.25, 0.3) is 6.08 Å². The summed E-state index contributed by atoms with van der Waals surface area (Å²) in [5.74, 6) is -1.30. The van der Waals surface area contributed by atoms with Crippen LogP contribution in [-0.4, -0.2) is 41.2 Å². The molecule has 10 heteroatoms. The molecule has 45 heavy (non-hydrogen) atoms. The molecule has 3 aliphatic rings. The maximum atomic E-state index is 13.9. The second kappa shape index (κ2) is 13.0. The first-order chi connectivity index (χ1) is 21.7. The van der Waals surface area contributed by atoms with Crippen LogP contribution < -0.4 is 9.64 Å². The first kappa shape index (κ1) is 30.7. The number of halogens is 1. The van der Waals surface area contributed by atoms with Crippen molar-refractivity contribution in [1.29, 1.82) is 0 Å². The summed E-state index contributed by atoms with van der Waals surface area (Å²) in [5, 5.41) is 21.8. The number of benzene rings is 3. The molecule has 0 radical (unpaired) electrons. The van der Waals surface area contributed by atoms with Crippen LogP contribution in [0.2, 0.25) is 0 Å². The number of imide groups is 1. The highest BCUT2D eigenvalue weighted by Crippen LogP contribution is 2.51. The lowest BCUT2D eigenvalue weighted by atomic mass is 9.69. The molecule has 0 unspecified atom stereocenters. The van der Waals surface area contributed by atoms with E-state index in [4.69, 9.17) is 9.47 Å². The summed E-state index contributed by atoms with van der Waals surface area (Å²) < 4.78 is 13.4. The molecular weight excluding hydrogens is 640 g/mol. The second-order valence-electron chi connectivity index (χ2n) is 11.6. The van der Waals surface area contributed by atoms with Gasteiger partial charge in [-0.25, -0.2) is 4.90 Å². The maximum Gasteiger partial charge on any atom is 0.271 e. The van der Waals surface area contributed by atoms with E-state index in [1.54, 1.807) is 18.2 Å². The Morgan fingerprint density at radius 3 is 2.64 bits per heavy atom. The number of carbonyl (C=O) groups is 2. The van der Waals surface area contributed by atoms with Crippen LogP contribution >= 0.6 is 15.9 Å². The number of para-hydroxylation sites is 1. The monoisotopic (exact) mass is 672 g/mol. The van der Waals surface area contributed by atoms with Crippen molar-refractivity contribution < 1.29 is 29.1 Å². The summed E-state index contributed by atoms with van der Waals surface area (Å²) in [6, 6.07) is 20.4. The van der Waals surface area contributed by atoms with Crippen LogP contribution in [0.5, 0.6) is 11.5 Å². The van der Waals surface area contributed by atoms with Crippen molar-refractivity contribution in [3.63, 3.8) is 0 Å². The molecule has 0 spiro atoms. The van der Waals surface area contributed by atoms with Crippen LogP contribution in [0.4, 0.5) is 11.4 Å². The molecular formula is C35H33BrN2O7. The number of nitro benzene ring substituents is 1. The molecule has 0 aromatic heterocycles. The summed E-state index contributed by atoms with van der Waals surface area (Å²) in [5.41, 5.74) is 3.90. The summed E-state index contributed by atoms with van der Waals surface area (Å²) >= 11 is 3.47. The van der Waals surface area contributed by atoms with Gasteiger partial charge in [-0.15, -0.1) is 0 Å². The average Bonchev–Trinajstić information content (AvgIpc) is 3.58. The third kappa shape index (κ3) is 6.17. The van der Waals surface area contributed by atoms with Gasteiger partial charge in [0.25, 0.3) is 5.69 Å². The van der Waals surface area contributed by atoms with Crippen molar-refractivity contribution in [3.8, 4) is 11.5 Å². The van der Waals surface area contributed by atoms with Gasteiger partial charge in [-0.1, -0.05) is 58.8 Å². The van der Waals surface area contributed by atoms with Gasteiger partial charge in [0, 0.05) is 28.1 Å². The van der Waals surface area contributed by atoms with E-state index in [-0.39, 0.29) is 47.6 Å². The van der Waals surface area contributed by atoms with Crippen LogP contribution in [0.15, 0.2) is 94.0 Å². The van der Waals surface area contributed by atoms with Gasteiger partial charge in [0.2, 0.25) is 11.8 Å². The van der Waals surface area contributed by atoms with E-state index in [1.165, 1.54) is 18.2 Å². The van der Waals surface area contributed by atoms with E-state index in [0.29, 0.717) is 25.2 Å². The fourth-order valence-electron chi connectivity index (χ4n) is 6.82. The Morgan fingerprint density at radius 1 is 1.09 bits per heavy atom. The molecule has 232 valence electrons. The number of phenols is 1. The number of nitro groups is 1. The third-order valence-corrected chi connectivity index (χ3v) is 9.49. The maximum absolute atomic E-state index is 13.9. The number of hydrogen-bond donors (Lipinski definition) is 1. The minimum absolute atomic E-state index is 0.182. The Morgan fingerprint density at radius 2 is 1.89 bits per heavy atom. The highest BCUT2D eigenvalue weighted by molar-refractivity contribution is 9.10. The Labute approximate surface area is 269 Å². The Balaban J connectivity index is 1.29. The summed E-state index contributed by atoms with van der Waals surface area (Å²) in [6.45, 7) is 2.64. The lowest BCUT2D eigenvalue weighted by Gasteiger charge is -2.31. The quantitative estimate of drug-likeness (QED) is 0.104. The largest absolute Gasteiger partial charge is 0.507 e. The number of amides is 2. The average molecular weight is 674 g/mol. The predicted molar refractivity (Wildman–Crippen MR) is 173 cm³/mol. The topological polar surface area (TPSA) is 119 Å². The SMILES string of the molecule is CC/C(=C\c1cc(Br)ccc1O)CC[C@H]1OC[C@H]2C1=C(COc1ccccc1)C[C@H]1C(=O)N(c3cccc([N+](=O)[O-])c3)C(=O)[C@H]12. The molecule has 2 amide bonds. The van der Waals surface area contributed by atoms with E-state index in [9.17, 15) is 24.8 Å². The number of rotatable bonds is 10. The number of phenolic OH excluding ortho intramolecular Hbond substituents is 1. The van der Waals surface area contributed by atoms with E-state index < -0.39 is 16.8 Å². The highest BCUT2D eigenvalue weighted by atomic mass is 79.9. The van der Waals surface area contributed by atoms with Crippen molar-refractivity contribution in [1.82, 2.24) is 0 Å². The van der Waals surface area contributed by atoms with Crippen molar-refractivity contribution in [2.24, 2.45) is 17.8 Å². The molecule has 2 fully saturated rings. The van der Waals surface area contributed by atoms with Crippen LogP contribution in [-0.2, 0) is 14.3 Å². The van der Waals surface area contributed by atoms with Gasteiger partial charge < -0.3 is 14.6 Å². The second-order valence-corrected chi connectivity index (χ2v) is 12.5. The Hall–Kier alpha value is -4.28. The number of ether oxygens (including phenoxy) is 2. The fraction of sp³-hybridized carbons (Fsp3) is 0.314. The molecule has 3 aromatic carbocycles. The first-order valence-electron chi connectivity index (χ1n) is 15.1. The van der Waals surface area contributed by atoms with E-state index in [2.05, 4.69) is 22.9 Å². The van der Waals surface area contributed by atoms with Gasteiger partial charge >= 0.3 is 0 Å². The number of aromatic hydroxyl groups is 1. The molecule has 0 bridgehead atoms. The summed E-state index contributed by atoms with van der Waals surface area (Å²) in [6.07, 6.45) is 4.28. The normalized spacial score (nSPS) is 22.9. The van der Waals surface area contributed by atoms with Gasteiger partial charge in [-0.05, 0) is 73.2 Å². The number of anilines is 1. The molecule has 0 saturated carbocycles. The molecule has 3 aromatic rings. The molecule has 1 N–H and O–H groups in total. The van der Waals surface area contributed by atoms with Gasteiger partial charge in [0.1, 0.15) is 18.1 Å². The van der Waals surface area contributed by atoms with Gasteiger partial charge in [0.05, 0.1) is 35.2 Å². The Kier molecular flexibility index (Phi) is 8.87. The van der Waals surface area contributed by atoms with E-state index in [1.807, 2.05) is 42.5 Å². The number of nitrogens with zero attached hydrogens (tertiary/aromatic N) is 2. The highest BCUT2D eigenvalue weighted by Gasteiger charge is 2.57. The number of allylic oxidation sites excluding steroid dienone is 1. The minimum Gasteiger partial charge on any atom is -0.507 e. The van der Waals surface area contributed by atoms with Crippen molar-refractivity contribution in [2.45, 2.75) is 38.7 Å². The van der Waals surface area contributed by atoms with Crippen LogP contribution in [0.1, 0.15) is 38.2 Å². The molecule has 4 atom stereocenters. The van der Waals surface area contributed by atoms with Crippen LogP contribution in [0, 0.1) is 27.9 Å². The van der Waals surface area contributed by atoms with Gasteiger partial charge in [0.15, 0.2) is 0 Å². The summed E-state index contributed by atoms with van der Waals surface area (Å²) in [7, 11) is 0. The number of hydrogen-bond acceptors (Lipinski definition) is 7. The zero-order chi connectivity index (χ0) is 31.7. The number of fused-ring (bicyclic) bond motifs is 3. The third-order valence-electron chi connectivity index (χ3n) is 8.99. The molecule has 6 rings (SSSR count). The molecule has 2 heterocycles. The van der Waals surface area contributed by atoms with Gasteiger partial charge in [-0.2, -0.15) is 0 Å². The lowest BCUT2D eigenvalue weighted by Crippen LogP contribution is -2.35. The smallest absolute Gasteiger partial charge is 0.271 e. The molecule has 1 aliphatic carbocycles. The standard InChI is InChI=1S/C35H33BrN2O7/c1-2-21(15-22-16-24(36)12-13-30(22)39)11-14-31-32-23(19-44-27-9-4-3-5-10-27)17-28-33(29(32)20-45-31)35(41)37(34(28)40)25-7-6-8-26(18-25)38(42)43/h3-10,12-13,15-16,18,28-29,31,33,39H,2,11,14,17,19-20H2,1H3/b21-15+/t28-,29+,31-,33-/m1/s1. The molecule has 2 saturated heterocycles. The van der Waals surface area contributed by atoms with Crippen LogP contribution in [0.3, 0.4) is 0 Å². The number of non-ortho nitro benzene ring substituents is 1. The molecule has 9 nitrogen and oxygen atoms in total. The van der Waals surface area contributed by atoms with Crippen molar-refractivity contribution >= 4 is 45.2 Å². The first-order valence-corrected chi connectivity index (χ1v) is 15.9. The Bertz CT molecular complexity index is 1700. The fourth-order valence-corrected chi connectivity index (χ4v) is 7.20. The zero-order valence-corrected chi connectivity index (χ0v) is 26.3. The lowest BCUT2D eigenvalue weighted by molar-refractivity contribution is -0.384. The number of carbonyl (C=O) groups excluding carboxylic acids is 2. The predicted octanol–water partition coefficient (Wildman–Crippen LogP) is 7.24. The summed E-state index contributed by atoms with van der Waals surface area (Å²) in [4.78, 5) is 39.7. The molecule has 2 aliphatic heterocycles. The van der Waals surface area contributed by atoms with E-state index in [0.717, 1.165) is 44.5 Å². The van der Waals surface area contributed by atoms with Crippen molar-refractivity contribution in [3.05, 3.63) is 110 Å². The van der Waals surface area contributed by atoms with E-state index >= 15 is 0 Å². The van der Waals surface area contributed by atoms with Crippen molar-refractivity contribution in [2.75, 3.05) is 18.1 Å². The zero-order valence-electron chi connectivity index (χ0n) is 24.7. The van der Waals surface area contributed by atoms with Gasteiger partial charge in [-0.3, -0.25) is 19.7 Å². The minimum atomic E-state index is -0.614.